The van der Waals surface area contributed by atoms with Crippen molar-refractivity contribution in [3.63, 3.8) is 0 Å². The van der Waals surface area contributed by atoms with Crippen LogP contribution in [0.2, 0.25) is 0 Å². The Kier molecular flexibility index (Phi) is 5.29. The first-order chi connectivity index (χ1) is 11.1. The molecule has 0 bridgehead atoms. The second kappa shape index (κ2) is 7.08. The van der Waals surface area contributed by atoms with Gasteiger partial charge in [0, 0.05) is 31.5 Å². The second-order valence-corrected chi connectivity index (χ2v) is 7.53. The van der Waals surface area contributed by atoms with Crippen molar-refractivity contribution in [3.05, 3.63) is 0 Å². The molecular weight excluding hydrogens is 292 g/mol. The lowest BCUT2D eigenvalue weighted by Gasteiger charge is -2.57. The molecule has 23 heavy (non-hydrogen) atoms. The Bertz CT molecular complexity index is 412. The van der Waals surface area contributed by atoms with E-state index in [2.05, 4.69) is 4.90 Å². The molecule has 2 saturated heterocycles. The van der Waals surface area contributed by atoms with Gasteiger partial charge in [-0.1, -0.05) is 0 Å². The summed E-state index contributed by atoms with van der Waals surface area (Å²) in [5.41, 5.74) is -0.0552. The summed E-state index contributed by atoms with van der Waals surface area (Å²) in [6.45, 7) is 8.41. The molecular formula is C18H32N2O3. The van der Waals surface area contributed by atoms with E-state index in [0.717, 1.165) is 58.3 Å². The molecule has 0 aromatic heterocycles. The van der Waals surface area contributed by atoms with Gasteiger partial charge < -0.3 is 14.7 Å². The van der Waals surface area contributed by atoms with Gasteiger partial charge in [0.1, 0.15) is 0 Å². The van der Waals surface area contributed by atoms with Gasteiger partial charge in [-0.05, 0) is 59.0 Å². The molecule has 1 aliphatic carbocycles. The third-order valence-corrected chi connectivity index (χ3v) is 6.41. The molecule has 0 aromatic rings. The number of carbonyl (C=O) groups is 1. The maximum absolute atomic E-state index is 12.7. The second-order valence-electron chi connectivity index (χ2n) is 7.53. The summed E-state index contributed by atoms with van der Waals surface area (Å²) in [6, 6.07) is -0.0341. The highest BCUT2D eigenvalue weighted by Crippen LogP contribution is 2.51. The third-order valence-electron chi connectivity index (χ3n) is 6.41. The van der Waals surface area contributed by atoms with Gasteiger partial charge in [0.2, 0.25) is 5.91 Å². The Morgan fingerprint density at radius 3 is 2.43 bits per heavy atom. The summed E-state index contributed by atoms with van der Waals surface area (Å²) in [5, 5.41) is 10.3. The molecule has 2 heterocycles. The van der Waals surface area contributed by atoms with E-state index < -0.39 is 0 Å². The summed E-state index contributed by atoms with van der Waals surface area (Å²) in [6.07, 6.45) is 6.17. The van der Waals surface area contributed by atoms with Crippen molar-refractivity contribution in [3.8, 4) is 0 Å². The van der Waals surface area contributed by atoms with Crippen molar-refractivity contribution in [1.82, 2.24) is 9.80 Å². The van der Waals surface area contributed by atoms with E-state index in [-0.39, 0.29) is 29.6 Å². The standard InChI is InChI=1S/C18H32N2O3/c1-3-23-16-13-15(21)18(16)7-11-19(12-8-18)14(2)17(22)20-9-5-4-6-10-20/h14-16,21H,3-13H2,1-2H3. The zero-order chi connectivity index (χ0) is 16.4. The smallest absolute Gasteiger partial charge is 0.239 e. The highest BCUT2D eigenvalue weighted by Gasteiger charge is 2.56. The van der Waals surface area contributed by atoms with Crippen LogP contribution in [-0.2, 0) is 9.53 Å². The maximum atomic E-state index is 12.7. The van der Waals surface area contributed by atoms with Gasteiger partial charge in [0.05, 0.1) is 18.2 Å². The van der Waals surface area contributed by atoms with Crippen LogP contribution in [0, 0.1) is 5.41 Å². The highest BCUT2D eigenvalue weighted by atomic mass is 16.5. The van der Waals surface area contributed by atoms with Crippen LogP contribution in [0.5, 0.6) is 0 Å². The molecule has 3 atom stereocenters. The van der Waals surface area contributed by atoms with Crippen LogP contribution < -0.4 is 0 Å². The SMILES string of the molecule is CCOC1CC(O)C12CCN(C(C)C(=O)N1CCCCC1)CC2. The van der Waals surface area contributed by atoms with Gasteiger partial charge in [-0.3, -0.25) is 9.69 Å². The van der Waals surface area contributed by atoms with E-state index in [1.165, 1.54) is 6.42 Å². The zero-order valence-electron chi connectivity index (χ0n) is 14.7. The van der Waals surface area contributed by atoms with Gasteiger partial charge in [-0.15, -0.1) is 0 Å². The lowest BCUT2D eigenvalue weighted by atomic mass is 9.58. The predicted octanol–water partition coefficient (Wildman–Crippen LogP) is 1.64. The minimum absolute atomic E-state index is 0.0341. The van der Waals surface area contributed by atoms with E-state index >= 15 is 0 Å². The number of ether oxygens (including phenoxy) is 1. The zero-order valence-corrected chi connectivity index (χ0v) is 14.7. The molecule has 1 spiro atoms. The van der Waals surface area contributed by atoms with Gasteiger partial charge in [-0.2, -0.15) is 0 Å². The molecule has 0 aromatic carbocycles. The molecule has 3 rings (SSSR count). The Hall–Kier alpha value is -0.650. The first kappa shape index (κ1) is 17.2. The number of aliphatic hydroxyl groups is 1. The number of amides is 1. The van der Waals surface area contributed by atoms with Crippen molar-refractivity contribution in [1.29, 1.82) is 0 Å². The van der Waals surface area contributed by atoms with E-state index in [0.29, 0.717) is 6.61 Å². The first-order valence-corrected chi connectivity index (χ1v) is 9.41. The van der Waals surface area contributed by atoms with Gasteiger partial charge >= 0.3 is 0 Å². The minimum atomic E-state index is -0.227. The van der Waals surface area contributed by atoms with Crippen LogP contribution in [0.1, 0.15) is 52.4 Å². The molecule has 3 fully saturated rings. The van der Waals surface area contributed by atoms with Crippen molar-refractivity contribution < 1.29 is 14.6 Å². The number of hydrogen-bond acceptors (Lipinski definition) is 4. The summed E-state index contributed by atoms with van der Waals surface area (Å²) >= 11 is 0. The lowest BCUT2D eigenvalue weighted by Crippen LogP contribution is -2.63. The van der Waals surface area contributed by atoms with Crippen LogP contribution in [0.25, 0.3) is 0 Å². The molecule has 3 aliphatic rings. The molecule has 2 aliphatic heterocycles. The molecule has 1 amide bonds. The van der Waals surface area contributed by atoms with E-state index in [9.17, 15) is 9.90 Å². The Balaban J connectivity index is 1.54. The van der Waals surface area contributed by atoms with Crippen LogP contribution in [0.15, 0.2) is 0 Å². The Morgan fingerprint density at radius 1 is 1.22 bits per heavy atom. The Labute approximate surface area is 140 Å². The van der Waals surface area contributed by atoms with E-state index in [4.69, 9.17) is 4.74 Å². The number of nitrogens with zero attached hydrogens (tertiary/aromatic N) is 2. The average Bonchev–Trinajstić information content (AvgIpc) is 2.61. The fourth-order valence-electron chi connectivity index (χ4n) is 4.68. The van der Waals surface area contributed by atoms with Gasteiger partial charge in [0.15, 0.2) is 0 Å². The molecule has 1 N–H and O–H groups in total. The Morgan fingerprint density at radius 2 is 1.87 bits per heavy atom. The topological polar surface area (TPSA) is 53.0 Å². The van der Waals surface area contributed by atoms with Crippen LogP contribution in [0.3, 0.4) is 0 Å². The summed E-state index contributed by atoms with van der Waals surface area (Å²) in [7, 11) is 0. The van der Waals surface area contributed by atoms with Crippen LogP contribution in [-0.4, -0.2) is 71.8 Å². The van der Waals surface area contributed by atoms with Crippen LogP contribution in [0.4, 0.5) is 0 Å². The van der Waals surface area contributed by atoms with Crippen molar-refractivity contribution in [2.24, 2.45) is 5.41 Å². The monoisotopic (exact) mass is 324 g/mol. The number of rotatable bonds is 4. The molecule has 0 radical (unpaired) electrons. The number of carbonyl (C=O) groups excluding carboxylic acids is 1. The quantitative estimate of drug-likeness (QED) is 0.854. The summed E-state index contributed by atoms with van der Waals surface area (Å²) < 4.78 is 5.83. The number of piperidine rings is 2. The van der Waals surface area contributed by atoms with Gasteiger partial charge in [-0.25, -0.2) is 0 Å². The number of aliphatic hydroxyl groups excluding tert-OH is 1. The minimum Gasteiger partial charge on any atom is -0.392 e. The van der Waals surface area contributed by atoms with Crippen LogP contribution >= 0.6 is 0 Å². The summed E-state index contributed by atoms with van der Waals surface area (Å²) in [5.74, 6) is 0.288. The number of likely N-dealkylation sites (tertiary alicyclic amines) is 2. The van der Waals surface area contributed by atoms with Crippen molar-refractivity contribution in [2.45, 2.75) is 70.6 Å². The summed E-state index contributed by atoms with van der Waals surface area (Å²) in [4.78, 5) is 17.0. The molecule has 1 saturated carbocycles. The highest BCUT2D eigenvalue weighted by molar-refractivity contribution is 5.81. The third kappa shape index (κ3) is 3.15. The predicted molar refractivity (Wildman–Crippen MR) is 89.2 cm³/mol. The fourth-order valence-corrected chi connectivity index (χ4v) is 4.68. The molecule has 132 valence electrons. The fraction of sp³-hybridized carbons (Fsp3) is 0.944. The van der Waals surface area contributed by atoms with E-state index in [1.807, 2.05) is 18.7 Å². The van der Waals surface area contributed by atoms with Crippen molar-refractivity contribution in [2.75, 3.05) is 32.8 Å². The average molecular weight is 324 g/mol. The maximum Gasteiger partial charge on any atom is 0.239 e. The lowest BCUT2D eigenvalue weighted by molar-refractivity contribution is -0.211. The molecule has 3 unspecified atom stereocenters. The first-order valence-electron chi connectivity index (χ1n) is 9.41. The van der Waals surface area contributed by atoms with Crippen molar-refractivity contribution >= 4 is 5.91 Å². The molecule has 5 nitrogen and oxygen atoms in total. The van der Waals surface area contributed by atoms with E-state index in [1.54, 1.807) is 0 Å². The normalized spacial score (nSPS) is 32.6. The largest absolute Gasteiger partial charge is 0.392 e. The van der Waals surface area contributed by atoms with Gasteiger partial charge in [0.25, 0.3) is 0 Å². The molecule has 5 heteroatoms. The number of hydrogen-bond donors (Lipinski definition) is 1.